The van der Waals surface area contributed by atoms with E-state index in [-0.39, 0.29) is 5.91 Å². The molecule has 1 amide bonds. The lowest BCUT2D eigenvalue weighted by atomic mass is 10.3. The van der Waals surface area contributed by atoms with Crippen LogP contribution in [0.2, 0.25) is 0 Å². The smallest absolute Gasteiger partial charge is 0.275 e. The van der Waals surface area contributed by atoms with Crippen LogP contribution in [0.1, 0.15) is 29.2 Å². The Kier molecular flexibility index (Phi) is 3.21. The number of amides is 1. The Morgan fingerprint density at radius 1 is 1.65 bits per heavy atom. The van der Waals surface area contributed by atoms with Crippen LogP contribution in [0.5, 0.6) is 0 Å². The molecule has 2 aromatic rings. The first kappa shape index (κ1) is 11.7. The number of aliphatic hydroxyl groups excluding tert-OH is 1. The summed E-state index contributed by atoms with van der Waals surface area (Å²) in [5.41, 5.74) is 1.01. The van der Waals surface area contributed by atoms with Crippen molar-refractivity contribution in [2.45, 2.75) is 13.0 Å². The molecule has 0 saturated heterocycles. The zero-order valence-corrected chi connectivity index (χ0v) is 10.2. The molecule has 0 saturated carbocycles. The molecule has 2 N–H and O–H groups in total. The van der Waals surface area contributed by atoms with Gasteiger partial charge in [-0.15, -0.1) is 11.3 Å². The molecule has 0 radical (unpaired) electrons. The molecule has 1 unspecified atom stereocenters. The van der Waals surface area contributed by atoms with Crippen LogP contribution in [0.25, 0.3) is 0 Å². The highest BCUT2D eigenvalue weighted by molar-refractivity contribution is 7.14. The zero-order chi connectivity index (χ0) is 12.4. The van der Waals surface area contributed by atoms with Gasteiger partial charge >= 0.3 is 0 Å². The average molecular weight is 252 g/mol. The van der Waals surface area contributed by atoms with Crippen molar-refractivity contribution in [2.24, 2.45) is 7.05 Å². The summed E-state index contributed by atoms with van der Waals surface area (Å²) in [6.45, 7) is 1.63. The van der Waals surface area contributed by atoms with E-state index in [1.807, 2.05) is 0 Å². The maximum absolute atomic E-state index is 11.8. The number of nitrogens with one attached hydrogen (secondary N) is 1. The van der Waals surface area contributed by atoms with Gasteiger partial charge in [0.2, 0.25) is 0 Å². The number of hydrogen-bond donors (Lipinski definition) is 2. The lowest BCUT2D eigenvalue weighted by Gasteiger charge is -2.01. The van der Waals surface area contributed by atoms with Crippen LogP contribution in [0, 0.1) is 0 Å². The summed E-state index contributed by atoms with van der Waals surface area (Å²) in [7, 11) is 1.69. The minimum absolute atomic E-state index is 0.267. The number of aryl methyl sites for hydroxylation is 1. The normalized spacial score (nSPS) is 12.4. The highest BCUT2D eigenvalue weighted by Gasteiger charge is 2.13. The third-order valence-electron chi connectivity index (χ3n) is 2.22. The third-order valence-corrected chi connectivity index (χ3v) is 3.00. The summed E-state index contributed by atoms with van der Waals surface area (Å²) in [5, 5.41) is 18.1. The molecule has 1 atom stereocenters. The van der Waals surface area contributed by atoms with E-state index in [1.54, 1.807) is 31.6 Å². The summed E-state index contributed by atoms with van der Waals surface area (Å²) in [6.07, 6.45) is 0.923. The van der Waals surface area contributed by atoms with Gasteiger partial charge in [-0.1, -0.05) is 0 Å². The summed E-state index contributed by atoms with van der Waals surface area (Å²) < 4.78 is 1.48. The van der Waals surface area contributed by atoms with Crippen LogP contribution < -0.4 is 5.32 Å². The molecule has 2 aromatic heterocycles. The predicted octanol–water partition coefficient (Wildman–Crippen LogP) is 1.18. The first-order valence-corrected chi connectivity index (χ1v) is 5.88. The molecule has 0 fully saturated rings. The summed E-state index contributed by atoms with van der Waals surface area (Å²) in [6, 6.07) is 1.62. The van der Waals surface area contributed by atoms with Gasteiger partial charge in [-0.05, 0) is 13.0 Å². The second kappa shape index (κ2) is 4.64. The van der Waals surface area contributed by atoms with Crippen LogP contribution in [0.4, 0.5) is 5.13 Å². The highest BCUT2D eigenvalue weighted by Crippen LogP contribution is 2.20. The van der Waals surface area contributed by atoms with E-state index in [9.17, 15) is 9.90 Å². The number of thiazole rings is 1. The van der Waals surface area contributed by atoms with E-state index in [1.165, 1.54) is 16.0 Å². The Hall–Kier alpha value is -1.73. The van der Waals surface area contributed by atoms with Crippen molar-refractivity contribution in [3.8, 4) is 0 Å². The van der Waals surface area contributed by atoms with Crippen molar-refractivity contribution in [1.29, 1.82) is 0 Å². The molecule has 0 aliphatic rings. The Balaban J connectivity index is 2.11. The predicted molar refractivity (Wildman–Crippen MR) is 63.9 cm³/mol. The van der Waals surface area contributed by atoms with Gasteiger partial charge in [0.05, 0.1) is 11.8 Å². The number of carbonyl (C=O) groups is 1. The van der Waals surface area contributed by atoms with E-state index in [2.05, 4.69) is 15.4 Å². The lowest BCUT2D eigenvalue weighted by Crippen LogP contribution is -2.16. The van der Waals surface area contributed by atoms with E-state index in [4.69, 9.17) is 0 Å². The molecule has 0 aromatic carbocycles. The fourth-order valence-electron chi connectivity index (χ4n) is 1.29. The van der Waals surface area contributed by atoms with Crippen molar-refractivity contribution in [2.75, 3.05) is 5.32 Å². The monoisotopic (exact) mass is 252 g/mol. The number of carbonyl (C=O) groups excluding carboxylic acids is 1. The summed E-state index contributed by atoms with van der Waals surface area (Å²) >= 11 is 1.28. The highest BCUT2D eigenvalue weighted by atomic mass is 32.1. The van der Waals surface area contributed by atoms with Gasteiger partial charge in [0.15, 0.2) is 5.13 Å². The third kappa shape index (κ3) is 2.51. The minimum atomic E-state index is -0.631. The molecule has 0 aliphatic heterocycles. The van der Waals surface area contributed by atoms with E-state index in [0.717, 1.165) is 0 Å². The van der Waals surface area contributed by atoms with Gasteiger partial charge in [0.25, 0.3) is 5.91 Å². The Morgan fingerprint density at radius 3 is 2.94 bits per heavy atom. The van der Waals surface area contributed by atoms with Gasteiger partial charge in [-0.3, -0.25) is 14.8 Å². The standard InChI is InChI=1S/C10H12N4O2S/c1-6(15)7-5-17-10(12-7)13-9(16)8-3-4-11-14(8)2/h3-6,15H,1-2H3,(H,12,13,16). The SMILES string of the molecule is CC(O)c1csc(NC(=O)c2ccnn2C)n1. The molecule has 17 heavy (non-hydrogen) atoms. The van der Waals surface area contributed by atoms with Crippen molar-refractivity contribution < 1.29 is 9.90 Å². The molecule has 6 nitrogen and oxygen atoms in total. The topological polar surface area (TPSA) is 80.0 Å². The molecule has 90 valence electrons. The fraction of sp³-hybridized carbons (Fsp3) is 0.300. The van der Waals surface area contributed by atoms with Gasteiger partial charge in [0, 0.05) is 18.6 Å². The quantitative estimate of drug-likeness (QED) is 0.859. The first-order chi connectivity index (χ1) is 8.08. The molecule has 0 aliphatic carbocycles. The number of aromatic nitrogens is 3. The first-order valence-electron chi connectivity index (χ1n) is 5.01. The van der Waals surface area contributed by atoms with Crippen LogP contribution in [-0.4, -0.2) is 25.8 Å². The van der Waals surface area contributed by atoms with Crippen LogP contribution >= 0.6 is 11.3 Å². The van der Waals surface area contributed by atoms with Gasteiger partial charge in [-0.25, -0.2) is 4.98 Å². The van der Waals surface area contributed by atoms with Crippen LogP contribution in [0.15, 0.2) is 17.6 Å². The molecular formula is C10H12N4O2S. The number of anilines is 1. The van der Waals surface area contributed by atoms with Crippen molar-refractivity contribution in [1.82, 2.24) is 14.8 Å². The van der Waals surface area contributed by atoms with Crippen molar-refractivity contribution in [3.63, 3.8) is 0 Å². The zero-order valence-electron chi connectivity index (χ0n) is 9.41. The average Bonchev–Trinajstić information content (AvgIpc) is 2.86. The number of nitrogens with zero attached hydrogens (tertiary/aromatic N) is 3. The van der Waals surface area contributed by atoms with Gasteiger partial charge in [0.1, 0.15) is 5.69 Å². The van der Waals surface area contributed by atoms with Gasteiger partial charge in [-0.2, -0.15) is 5.10 Å². The molecule has 7 heteroatoms. The fourth-order valence-corrected chi connectivity index (χ4v) is 2.09. The Morgan fingerprint density at radius 2 is 2.41 bits per heavy atom. The van der Waals surface area contributed by atoms with E-state index in [0.29, 0.717) is 16.5 Å². The Bertz CT molecular complexity index is 532. The molecular weight excluding hydrogens is 240 g/mol. The molecule has 0 spiro atoms. The second-order valence-electron chi connectivity index (χ2n) is 3.55. The molecule has 2 rings (SSSR count). The van der Waals surface area contributed by atoms with Gasteiger partial charge < -0.3 is 5.11 Å². The lowest BCUT2D eigenvalue weighted by molar-refractivity contribution is 0.101. The second-order valence-corrected chi connectivity index (χ2v) is 4.41. The van der Waals surface area contributed by atoms with Crippen LogP contribution in [-0.2, 0) is 7.05 Å². The number of hydrogen-bond acceptors (Lipinski definition) is 5. The van der Waals surface area contributed by atoms with E-state index >= 15 is 0 Å². The maximum Gasteiger partial charge on any atom is 0.275 e. The van der Waals surface area contributed by atoms with Crippen molar-refractivity contribution >= 4 is 22.4 Å². The molecule has 0 bridgehead atoms. The van der Waals surface area contributed by atoms with Crippen LogP contribution in [0.3, 0.4) is 0 Å². The minimum Gasteiger partial charge on any atom is -0.387 e. The van der Waals surface area contributed by atoms with E-state index < -0.39 is 6.10 Å². The molecule has 2 heterocycles. The Labute approximate surface area is 102 Å². The number of rotatable bonds is 3. The number of aliphatic hydroxyl groups is 1. The maximum atomic E-state index is 11.8. The summed E-state index contributed by atoms with van der Waals surface area (Å²) in [4.78, 5) is 15.9. The summed E-state index contributed by atoms with van der Waals surface area (Å²) in [5.74, 6) is -0.267. The van der Waals surface area contributed by atoms with Crippen molar-refractivity contribution in [3.05, 3.63) is 29.0 Å². The largest absolute Gasteiger partial charge is 0.387 e.